The molecule has 0 spiro atoms. The molecule has 37 heavy (non-hydrogen) atoms. The zero-order chi connectivity index (χ0) is 25.4. The molecule has 190 valence electrons. The highest BCUT2D eigenvalue weighted by atomic mass is 19.1. The Morgan fingerprint density at radius 3 is 2.57 bits per heavy atom. The first kappa shape index (κ1) is 23.5. The number of hydrogen-bond donors (Lipinski definition) is 0. The van der Waals surface area contributed by atoms with Crippen LogP contribution in [0.1, 0.15) is 17.5 Å². The largest absolute Gasteiger partial charge is 0.338 e. The van der Waals surface area contributed by atoms with Crippen molar-refractivity contribution < 1.29 is 14.0 Å². The summed E-state index contributed by atoms with van der Waals surface area (Å²) >= 11 is 0. The normalized spacial score (nSPS) is 20.0. The molecule has 2 amide bonds. The minimum atomic E-state index is -0.336. The van der Waals surface area contributed by atoms with Crippen LogP contribution >= 0.6 is 0 Å². The third-order valence-electron chi connectivity index (χ3n) is 7.59. The molecular formula is C28H29FN6O2. The molecule has 8 nitrogen and oxygen atoms in total. The number of piperazine rings is 1. The molecule has 2 aromatic carbocycles. The molecule has 3 aliphatic rings. The van der Waals surface area contributed by atoms with Gasteiger partial charge < -0.3 is 14.7 Å². The van der Waals surface area contributed by atoms with E-state index in [4.69, 9.17) is 0 Å². The highest BCUT2D eigenvalue weighted by Gasteiger charge is 2.36. The molecule has 6 rings (SSSR count). The standard InChI is InChI=1S/C28H29FN6O2/c29-22-4-1-3-20(15-22)16-26(36)34-10-7-21-17-23(5-6-25(21)34)35-19-24(18-27(35)37)32-11-13-33(14-12-32)28-30-8-2-9-31-28/h1-6,8-9,15,17,24H,7,10-14,16,18-19H2. The van der Waals surface area contributed by atoms with Crippen molar-refractivity contribution in [2.24, 2.45) is 0 Å². The fraction of sp³-hybridized carbons (Fsp3) is 0.357. The zero-order valence-corrected chi connectivity index (χ0v) is 20.6. The Balaban J connectivity index is 1.09. The zero-order valence-electron chi connectivity index (χ0n) is 20.6. The maximum absolute atomic E-state index is 13.5. The van der Waals surface area contributed by atoms with Crippen LogP contribution in [0.25, 0.3) is 0 Å². The highest BCUT2D eigenvalue weighted by Crippen LogP contribution is 2.34. The van der Waals surface area contributed by atoms with Gasteiger partial charge in [-0.2, -0.15) is 0 Å². The van der Waals surface area contributed by atoms with Gasteiger partial charge in [0.15, 0.2) is 0 Å². The number of carbonyl (C=O) groups excluding carboxylic acids is 2. The summed E-state index contributed by atoms with van der Waals surface area (Å²) in [5.74, 6) is 0.510. The predicted molar refractivity (Wildman–Crippen MR) is 139 cm³/mol. The lowest BCUT2D eigenvalue weighted by molar-refractivity contribution is -0.118. The van der Waals surface area contributed by atoms with Gasteiger partial charge in [0.05, 0.1) is 6.42 Å². The Morgan fingerprint density at radius 1 is 0.973 bits per heavy atom. The minimum Gasteiger partial charge on any atom is -0.338 e. The predicted octanol–water partition coefficient (Wildman–Crippen LogP) is 2.68. The lowest BCUT2D eigenvalue weighted by Crippen LogP contribution is -2.51. The second-order valence-corrected chi connectivity index (χ2v) is 9.85. The summed E-state index contributed by atoms with van der Waals surface area (Å²) in [4.78, 5) is 42.9. The third kappa shape index (κ3) is 4.79. The molecule has 1 aromatic heterocycles. The van der Waals surface area contributed by atoms with E-state index < -0.39 is 0 Å². The summed E-state index contributed by atoms with van der Waals surface area (Å²) in [6.45, 7) is 4.69. The Labute approximate surface area is 215 Å². The molecule has 3 aromatic rings. The first-order chi connectivity index (χ1) is 18.0. The van der Waals surface area contributed by atoms with Crippen LogP contribution in [0.4, 0.5) is 21.7 Å². The lowest BCUT2D eigenvalue weighted by Gasteiger charge is -2.37. The van der Waals surface area contributed by atoms with E-state index >= 15 is 0 Å². The molecule has 0 radical (unpaired) electrons. The molecule has 0 bridgehead atoms. The molecule has 0 aliphatic carbocycles. The number of fused-ring (bicyclic) bond motifs is 1. The van der Waals surface area contributed by atoms with E-state index in [1.807, 2.05) is 23.1 Å². The monoisotopic (exact) mass is 500 g/mol. The highest BCUT2D eigenvalue weighted by molar-refractivity contribution is 5.99. The third-order valence-corrected chi connectivity index (χ3v) is 7.59. The molecule has 2 fully saturated rings. The van der Waals surface area contributed by atoms with Crippen LogP contribution in [0.3, 0.4) is 0 Å². The summed E-state index contributed by atoms with van der Waals surface area (Å²) in [5, 5.41) is 0. The van der Waals surface area contributed by atoms with Crippen LogP contribution in [-0.2, 0) is 22.4 Å². The Kier molecular flexibility index (Phi) is 6.30. The van der Waals surface area contributed by atoms with Gasteiger partial charge in [-0.3, -0.25) is 14.5 Å². The van der Waals surface area contributed by atoms with E-state index in [2.05, 4.69) is 25.8 Å². The Morgan fingerprint density at radius 2 is 1.78 bits per heavy atom. The summed E-state index contributed by atoms with van der Waals surface area (Å²) in [5.41, 5.74) is 3.51. The van der Waals surface area contributed by atoms with Crippen molar-refractivity contribution in [3.05, 3.63) is 77.9 Å². The van der Waals surface area contributed by atoms with E-state index in [0.29, 0.717) is 25.1 Å². The second-order valence-electron chi connectivity index (χ2n) is 9.85. The van der Waals surface area contributed by atoms with Crippen molar-refractivity contribution in [2.45, 2.75) is 25.3 Å². The Hall–Kier alpha value is -3.85. The summed E-state index contributed by atoms with van der Waals surface area (Å²) in [6, 6.07) is 14.1. The van der Waals surface area contributed by atoms with Crippen molar-refractivity contribution in [3.8, 4) is 0 Å². The Bertz CT molecular complexity index is 1310. The molecule has 4 heterocycles. The van der Waals surface area contributed by atoms with Gasteiger partial charge in [-0.1, -0.05) is 12.1 Å². The van der Waals surface area contributed by atoms with Gasteiger partial charge in [0.1, 0.15) is 5.82 Å². The van der Waals surface area contributed by atoms with Crippen molar-refractivity contribution in [3.63, 3.8) is 0 Å². The number of benzene rings is 2. The van der Waals surface area contributed by atoms with Crippen LogP contribution < -0.4 is 14.7 Å². The van der Waals surface area contributed by atoms with Crippen LogP contribution in [0.15, 0.2) is 60.9 Å². The molecule has 0 N–H and O–H groups in total. The van der Waals surface area contributed by atoms with Gasteiger partial charge in [0.25, 0.3) is 0 Å². The second kappa shape index (κ2) is 9.89. The smallest absolute Gasteiger partial charge is 0.231 e. The van der Waals surface area contributed by atoms with Gasteiger partial charge >= 0.3 is 0 Å². The molecule has 1 unspecified atom stereocenters. The number of nitrogens with zero attached hydrogens (tertiary/aromatic N) is 6. The minimum absolute atomic E-state index is 0.0468. The topological polar surface area (TPSA) is 72.9 Å². The van der Waals surface area contributed by atoms with Gasteiger partial charge in [-0.05, 0) is 53.9 Å². The molecule has 2 saturated heterocycles. The average Bonchev–Trinajstić information content (AvgIpc) is 3.52. The van der Waals surface area contributed by atoms with Crippen LogP contribution in [-0.4, -0.2) is 72.0 Å². The van der Waals surface area contributed by atoms with E-state index in [9.17, 15) is 14.0 Å². The van der Waals surface area contributed by atoms with E-state index in [0.717, 1.165) is 55.5 Å². The van der Waals surface area contributed by atoms with Crippen molar-refractivity contribution in [1.29, 1.82) is 0 Å². The number of anilines is 3. The van der Waals surface area contributed by atoms with Crippen LogP contribution in [0.5, 0.6) is 0 Å². The van der Waals surface area contributed by atoms with Gasteiger partial charge in [0, 0.05) is 75.5 Å². The van der Waals surface area contributed by atoms with E-state index in [1.54, 1.807) is 29.4 Å². The van der Waals surface area contributed by atoms with Gasteiger partial charge in [-0.25, -0.2) is 14.4 Å². The van der Waals surface area contributed by atoms with E-state index in [-0.39, 0.29) is 30.1 Å². The maximum atomic E-state index is 13.5. The van der Waals surface area contributed by atoms with Crippen molar-refractivity contribution in [2.75, 3.05) is 54.0 Å². The van der Waals surface area contributed by atoms with Gasteiger partial charge in [0.2, 0.25) is 17.8 Å². The van der Waals surface area contributed by atoms with Crippen LogP contribution in [0, 0.1) is 5.82 Å². The number of halogens is 1. The molecule has 0 saturated carbocycles. The van der Waals surface area contributed by atoms with Crippen LogP contribution in [0.2, 0.25) is 0 Å². The maximum Gasteiger partial charge on any atom is 0.231 e. The number of carbonyl (C=O) groups is 2. The molecule has 9 heteroatoms. The van der Waals surface area contributed by atoms with Crippen molar-refractivity contribution >= 4 is 29.1 Å². The summed E-state index contributed by atoms with van der Waals surface area (Å²) in [6.07, 6.45) is 4.94. The van der Waals surface area contributed by atoms with E-state index in [1.165, 1.54) is 12.1 Å². The molecule has 1 atom stereocenters. The molecular weight excluding hydrogens is 471 g/mol. The fourth-order valence-corrected chi connectivity index (χ4v) is 5.66. The van der Waals surface area contributed by atoms with Crippen molar-refractivity contribution in [1.82, 2.24) is 14.9 Å². The first-order valence-electron chi connectivity index (χ1n) is 12.8. The SMILES string of the molecule is O=C1CC(N2CCN(c3ncccn3)CC2)CN1c1ccc2c(c1)CCN2C(=O)Cc1cccc(F)c1. The quantitative estimate of drug-likeness (QED) is 0.537. The number of aromatic nitrogens is 2. The number of hydrogen-bond acceptors (Lipinski definition) is 6. The lowest BCUT2D eigenvalue weighted by atomic mass is 10.1. The summed E-state index contributed by atoms with van der Waals surface area (Å²) < 4.78 is 13.5. The average molecular weight is 501 g/mol. The molecule has 3 aliphatic heterocycles. The fourth-order valence-electron chi connectivity index (χ4n) is 5.66. The van der Waals surface area contributed by atoms with Gasteiger partial charge in [-0.15, -0.1) is 0 Å². The summed E-state index contributed by atoms with van der Waals surface area (Å²) in [7, 11) is 0. The first-order valence-corrected chi connectivity index (χ1v) is 12.8. The number of amides is 2. The number of rotatable bonds is 5.